The normalized spacial score (nSPS) is 18.6. The third-order valence-electron chi connectivity index (χ3n) is 11.4. The molecule has 392 valence electrons. The van der Waals surface area contributed by atoms with E-state index < -0.39 is 67.7 Å². The number of anilines is 3. The number of benzene rings is 3. The average Bonchev–Trinajstić information content (AvgIpc) is 3.89. The molecule has 3 aliphatic rings. The number of aromatic carboxylic acids is 1. The van der Waals surface area contributed by atoms with Gasteiger partial charge in [0.15, 0.2) is 34.5 Å². The van der Waals surface area contributed by atoms with Crippen molar-refractivity contribution >= 4 is 93.2 Å². The molecule has 2 aromatic carbocycles. The first-order valence-corrected chi connectivity index (χ1v) is 27.2. The number of carboxylic acids is 1. The number of nitrogens with one attached hydrogen (secondary N) is 3. The van der Waals surface area contributed by atoms with Crippen molar-refractivity contribution in [1.29, 1.82) is 0 Å². The predicted molar refractivity (Wildman–Crippen MR) is 265 cm³/mol. The van der Waals surface area contributed by atoms with Gasteiger partial charge in [-0.1, -0.05) is 18.2 Å². The molecule has 1 fully saturated rings. The van der Waals surface area contributed by atoms with Crippen LogP contribution in [0, 0.1) is 0 Å². The van der Waals surface area contributed by atoms with Gasteiger partial charge in [-0.25, -0.2) is 29.1 Å². The first kappa shape index (κ1) is 55.3. The summed E-state index contributed by atoms with van der Waals surface area (Å²) in [5.74, 6) is -0.644. The van der Waals surface area contributed by atoms with Gasteiger partial charge >= 0.3 is 36.6 Å². The molecule has 73 heavy (non-hydrogen) atoms. The number of amides is 1. The number of hydrogen-bond donors (Lipinski definition) is 10. The number of alkyl carbamates (subject to hydrolysis) is 1. The Bertz CT molecular complexity index is 3020. The molecule has 0 radical (unpaired) electrons. The molecule has 7 rings (SSSR count). The summed E-state index contributed by atoms with van der Waals surface area (Å²) in [6.45, 7) is 10.0. The summed E-state index contributed by atoms with van der Waals surface area (Å²) >= 11 is 5.50. The molecular formula is C42H52N10O17P3S+. The molecule has 27 nitrogen and oxygen atoms in total. The highest BCUT2D eigenvalue weighted by atomic mass is 32.1. The van der Waals surface area contributed by atoms with Crippen molar-refractivity contribution in [3.8, 4) is 22.5 Å². The standard InChI is InChI=1S/C42H51N10O17P3S/c1-5-50(6-2)24-13-14-25-30(19-24)65-35-26(10-9-11-29(35)51(7-3)8-4)32(25)23-12-15-28(27(18-23)40(54)55)49-41(73)44-16-17-45-42(56)67-36-34(53)31(20-64-71(60,61)69-72(62,63)68-70(57,58)59)66-39(36)52-22-48-33-37(43)46-21-47-38(33)52/h9-15,18-19,21-22,31,34,36,39,53H,5-8,16-17,20H2,1-4H3,(H9,43,44,45,46,47,54,55,56,57,58,59,60,61,62,63,73)/p+1/t31-,34-,36-,39-/m1/s1. The van der Waals surface area contributed by atoms with E-state index in [1.165, 1.54) is 10.9 Å². The number of nitrogens with two attached hydrogens (primary N) is 1. The number of nitrogen functional groups attached to an aromatic ring is 1. The van der Waals surface area contributed by atoms with E-state index in [9.17, 15) is 44.3 Å². The second kappa shape index (κ2) is 23.0. The van der Waals surface area contributed by atoms with Gasteiger partial charge in [0.1, 0.15) is 49.5 Å². The van der Waals surface area contributed by atoms with Gasteiger partial charge in [0.2, 0.25) is 5.36 Å². The number of aliphatic hydroxyl groups excluding tert-OH is 1. The highest BCUT2D eigenvalue weighted by Crippen LogP contribution is 2.71. The predicted octanol–water partition coefficient (Wildman–Crippen LogP) is 0.755. The van der Waals surface area contributed by atoms with Crippen LogP contribution in [-0.4, -0.2) is 131 Å². The van der Waals surface area contributed by atoms with E-state index in [4.69, 9.17) is 41.6 Å². The third kappa shape index (κ3) is 12.9. The summed E-state index contributed by atoms with van der Waals surface area (Å²) in [7, 11) is -17.2. The lowest BCUT2D eigenvalue weighted by Gasteiger charge is -2.25. The highest BCUT2D eigenvalue weighted by molar-refractivity contribution is 7.80. The van der Waals surface area contributed by atoms with E-state index in [1.54, 1.807) is 18.2 Å². The lowest BCUT2D eigenvalue weighted by atomic mass is 9.92. The summed E-state index contributed by atoms with van der Waals surface area (Å²) in [6.07, 6.45) is -5.50. The number of phosphoric ester groups is 1. The van der Waals surface area contributed by atoms with Crippen molar-refractivity contribution in [2.24, 2.45) is 0 Å². The molecule has 2 aliphatic heterocycles. The maximum absolute atomic E-state index is 13.2. The Morgan fingerprint density at radius 2 is 1.67 bits per heavy atom. The first-order chi connectivity index (χ1) is 34.6. The number of thiocarbonyl (C=S) groups is 1. The smallest absolute Gasteiger partial charge is 0.487 e. The summed E-state index contributed by atoms with van der Waals surface area (Å²) in [6, 6.07) is 16.9. The number of carbonyl (C=O) groups excluding carboxylic acids is 1. The van der Waals surface area contributed by atoms with Gasteiger partial charge in [-0.2, -0.15) is 24.1 Å². The Kier molecular flexibility index (Phi) is 17.4. The zero-order chi connectivity index (χ0) is 53.0. The summed E-state index contributed by atoms with van der Waals surface area (Å²) < 4.78 is 33.5. The Hall–Kier alpha value is -5.48. The number of rotatable bonds is 20. The molecule has 4 heterocycles. The minimum absolute atomic E-state index is 0.000561. The number of aromatic nitrogens is 4. The van der Waals surface area contributed by atoms with E-state index in [2.05, 4.69) is 81.2 Å². The zero-order valence-corrected chi connectivity index (χ0v) is 42.8. The first-order valence-electron chi connectivity index (χ1n) is 22.3. The fraction of sp³-hybridized carbons (Fsp3) is 0.357. The summed E-state index contributed by atoms with van der Waals surface area (Å²) in [4.78, 5) is 113. The van der Waals surface area contributed by atoms with E-state index in [0.717, 1.165) is 60.1 Å². The van der Waals surface area contributed by atoms with Crippen molar-refractivity contribution in [3.63, 3.8) is 0 Å². The van der Waals surface area contributed by atoms with E-state index >= 15 is 0 Å². The van der Waals surface area contributed by atoms with Crippen molar-refractivity contribution < 1.29 is 81.1 Å². The number of hydrogen-bond acceptors (Lipinski definition) is 22. The van der Waals surface area contributed by atoms with Crippen LogP contribution in [-0.2, 0) is 22.6 Å². The monoisotopic (exact) mass is 1090 g/mol. The minimum Gasteiger partial charge on any atom is -0.603 e. The molecule has 2 unspecified atom stereocenters. The number of para-hydroxylation sites is 1. The second-order valence-corrected chi connectivity index (χ2v) is 20.8. The maximum Gasteiger partial charge on any atom is 0.487 e. The van der Waals surface area contributed by atoms with Crippen LogP contribution in [0.1, 0.15) is 44.3 Å². The van der Waals surface area contributed by atoms with Crippen molar-refractivity contribution in [2.45, 2.75) is 52.2 Å². The molecule has 0 bridgehead atoms. The largest absolute Gasteiger partial charge is 0.603 e. The van der Waals surface area contributed by atoms with Crippen LogP contribution >= 0.6 is 36.7 Å². The molecule has 2 aromatic heterocycles. The molecule has 1 saturated heterocycles. The van der Waals surface area contributed by atoms with Gasteiger partial charge in [-0.15, -0.1) is 0 Å². The Labute approximate surface area is 422 Å². The fourth-order valence-electron chi connectivity index (χ4n) is 8.19. The lowest BCUT2D eigenvalue weighted by molar-refractivity contribution is -0.271. The van der Waals surface area contributed by atoms with Crippen LogP contribution < -0.4 is 51.2 Å². The van der Waals surface area contributed by atoms with Crippen molar-refractivity contribution in [1.82, 2.24) is 34.7 Å². The van der Waals surface area contributed by atoms with Gasteiger partial charge in [0.05, 0.1) is 29.3 Å². The van der Waals surface area contributed by atoms with Crippen molar-refractivity contribution in [3.05, 3.63) is 78.2 Å². The number of carboxylic acid groups (broad SMARTS) is 1. The third-order valence-corrected chi connectivity index (χ3v) is 15.5. The number of carbonyl (C=O) groups is 2. The Balaban J connectivity index is 1.04. The minimum atomic E-state index is -5.87. The molecule has 1 aliphatic carbocycles. The molecule has 11 N–H and O–H groups in total. The van der Waals surface area contributed by atoms with Gasteiger partial charge in [-0.05, 0) is 69.7 Å². The Morgan fingerprint density at radius 3 is 2.36 bits per heavy atom. The molecular weight excluding hydrogens is 1040 g/mol. The quantitative estimate of drug-likeness (QED) is 0.0166. The molecule has 31 heteroatoms. The molecule has 4 aromatic rings. The average molecular weight is 1090 g/mol. The number of ether oxygens (including phenoxy) is 2. The summed E-state index contributed by atoms with van der Waals surface area (Å²) in [5.41, 5.74) is 9.87. The molecule has 1 amide bonds. The molecule has 0 saturated carbocycles. The van der Waals surface area contributed by atoms with Gasteiger partial charge in [0.25, 0.3) is 0 Å². The van der Waals surface area contributed by atoms with E-state index in [-0.39, 0.29) is 46.4 Å². The fourth-order valence-corrected chi connectivity index (χ4v) is 11.4. The lowest BCUT2D eigenvalue weighted by Crippen LogP contribution is -2.42. The SMILES string of the molecule is CCN(CC)c1cccc2c(-c3ccc(NC(=S)NCCNC(=O)O[C@@H]4[C@H](O)[C@@H](CO[P+]([O-])(O)O[P+]([O-])(O)O[P+]([O-])(O)O)O[C@H]4n4cnc5c(N)ncnc54)c(C(=O)O)c3)c3ccc(=[N+](CC)CC)cc-3oc12. The zero-order valence-electron chi connectivity index (χ0n) is 39.3. The van der Waals surface area contributed by atoms with Crippen LogP contribution in [0.25, 0.3) is 44.6 Å². The number of phosphoric acid groups is 3. The number of fused-ring (bicyclic) bond motifs is 3. The van der Waals surface area contributed by atoms with E-state index in [0.29, 0.717) is 16.9 Å². The maximum atomic E-state index is 13.2. The topological polar surface area (TPSA) is 396 Å². The van der Waals surface area contributed by atoms with Crippen LogP contribution in [0.3, 0.4) is 0 Å². The van der Waals surface area contributed by atoms with Crippen molar-refractivity contribution in [2.75, 3.05) is 61.8 Å². The number of nitrogens with zero attached hydrogens (tertiary/aromatic N) is 6. The van der Waals surface area contributed by atoms with E-state index in [1.807, 2.05) is 36.4 Å². The highest BCUT2D eigenvalue weighted by Gasteiger charge is 2.55. The van der Waals surface area contributed by atoms with Crippen LogP contribution in [0.2, 0.25) is 0 Å². The van der Waals surface area contributed by atoms with Gasteiger partial charge < -0.3 is 65.4 Å². The molecule has 0 spiro atoms. The number of imidazole rings is 1. The van der Waals surface area contributed by atoms with Crippen LogP contribution in [0.5, 0.6) is 0 Å². The van der Waals surface area contributed by atoms with Gasteiger partial charge in [-0.3, -0.25) is 4.57 Å². The van der Waals surface area contributed by atoms with Gasteiger partial charge in [0, 0.05) is 57.4 Å². The van der Waals surface area contributed by atoms with Crippen LogP contribution in [0.15, 0.2) is 71.7 Å². The Morgan fingerprint density at radius 1 is 0.945 bits per heavy atom. The second-order valence-electron chi connectivity index (χ2n) is 15.9. The van der Waals surface area contributed by atoms with Crippen LogP contribution in [0.4, 0.5) is 22.0 Å². The molecule has 6 atom stereocenters. The number of aliphatic hydroxyl groups is 1. The summed E-state index contributed by atoms with van der Waals surface area (Å²) in [5, 5.41) is 31.8.